The van der Waals surface area contributed by atoms with Crippen LogP contribution in [0.1, 0.15) is 46.0 Å². The first-order chi connectivity index (χ1) is 9.03. The maximum atomic E-state index is 11.2. The summed E-state index contributed by atoms with van der Waals surface area (Å²) in [4.78, 5) is 2.46. The SMILES string of the molecule is CC(C)N1CCCC(O)(C2(CN)CCCOC2)CC1. The summed E-state index contributed by atoms with van der Waals surface area (Å²) in [5.74, 6) is 0. The van der Waals surface area contributed by atoms with Crippen LogP contribution in [0.3, 0.4) is 0 Å². The highest BCUT2D eigenvalue weighted by Gasteiger charge is 2.50. The van der Waals surface area contributed by atoms with E-state index < -0.39 is 5.60 Å². The van der Waals surface area contributed by atoms with Gasteiger partial charge in [-0.2, -0.15) is 0 Å². The smallest absolute Gasteiger partial charge is 0.0750 e. The fourth-order valence-electron chi connectivity index (χ4n) is 3.76. The lowest BCUT2D eigenvalue weighted by Crippen LogP contribution is -2.57. The molecule has 4 heteroatoms. The summed E-state index contributed by atoms with van der Waals surface area (Å²) in [7, 11) is 0. The Morgan fingerprint density at radius 2 is 2.00 bits per heavy atom. The molecule has 0 bridgehead atoms. The van der Waals surface area contributed by atoms with E-state index in [0.717, 1.165) is 51.8 Å². The molecule has 2 rings (SSSR count). The first-order valence-electron chi connectivity index (χ1n) is 7.77. The number of rotatable bonds is 3. The van der Waals surface area contributed by atoms with Gasteiger partial charge in [0.15, 0.2) is 0 Å². The molecule has 0 aromatic rings. The van der Waals surface area contributed by atoms with Crippen LogP contribution in [-0.4, -0.2) is 54.5 Å². The van der Waals surface area contributed by atoms with Crippen molar-refractivity contribution >= 4 is 0 Å². The van der Waals surface area contributed by atoms with Crippen LogP contribution in [0.25, 0.3) is 0 Å². The molecule has 2 saturated heterocycles. The van der Waals surface area contributed by atoms with Gasteiger partial charge in [-0.1, -0.05) is 0 Å². The van der Waals surface area contributed by atoms with E-state index in [9.17, 15) is 5.11 Å². The van der Waals surface area contributed by atoms with Gasteiger partial charge in [0, 0.05) is 31.2 Å². The Morgan fingerprint density at radius 3 is 2.58 bits per heavy atom. The minimum Gasteiger partial charge on any atom is -0.389 e. The highest BCUT2D eigenvalue weighted by Crippen LogP contribution is 2.44. The molecule has 2 unspecified atom stereocenters. The molecule has 2 aliphatic rings. The van der Waals surface area contributed by atoms with Crippen molar-refractivity contribution in [2.45, 2.75) is 57.6 Å². The van der Waals surface area contributed by atoms with E-state index in [1.807, 2.05) is 0 Å². The molecule has 0 spiro atoms. The largest absolute Gasteiger partial charge is 0.389 e. The van der Waals surface area contributed by atoms with E-state index in [1.54, 1.807) is 0 Å². The molecule has 2 aliphatic heterocycles. The van der Waals surface area contributed by atoms with Crippen molar-refractivity contribution in [2.75, 3.05) is 32.8 Å². The molecule has 19 heavy (non-hydrogen) atoms. The number of hydrogen-bond acceptors (Lipinski definition) is 4. The standard InChI is InChI=1S/C15H30N2O2/c1-13(2)17-8-3-6-15(18,7-9-17)14(11-16)5-4-10-19-12-14/h13,18H,3-12,16H2,1-2H3. The van der Waals surface area contributed by atoms with E-state index in [4.69, 9.17) is 10.5 Å². The zero-order valence-corrected chi connectivity index (χ0v) is 12.5. The second-order valence-electron chi connectivity index (χ2n) is 6.66. The van der Waals surface area contributed by atoms with Crippen LogP contribution in [0.15, 0.2) is 0 Å². The van der Waals surface area contributed by atoms with Gasteiger partial charge in [-0.05, 0) is 52.5 Å². The zero-order chi connectivity index (χ0) is 13.9. The Labute approximate surface area is 117 Å². The molecule has 0 aromatic heterocycles. The van der Waals surface area contributed by atoms with Crippen LogP contribution >= 0.6 is 0 Å². The number of aliphatic hydroxyl groups is 1. The number of ether oxygens (including phenoxy) is 1. The summed E-state index contributed by atoms with van der Waals surface area (Å²) in [5.41, 5.74) is 5.18. The van der Waals surface area contributed by atoms with Gasteiger partial charge in [-0.25, -0.2) is 0 Å². The average molecular weight is 270 g/mol. The molecular weight excluding hydrogens is 240 g/mol. The van der Waals surface area contributed by atoms with Crippen LogP contribution in [0.4, 0.5) is 0 Å². The van der Waals surface area contributed by atoms with Gasteiger partial charge < -0.3 is 20.5 Å². The highest BCUT2D eigenvalue weighted by molar-refractivity contribution is 5.02. The maximum Gasteiger partial charge on any atom is 0.0750 e. The average Bonchev–Trinajstić information content (AvgIpc) is 2.63. The van der Waals surface area contributed by atoms with Crippen LogP contribution in [-0.2, 0) is 4.74 Å². The summed E-state index contributed by atoms with van der Waals surface area (Å²) in [6.07, 6.45) is 4.76. The lowest BCUT2D eigenvalue weighted by atomic mass is 9.65. The molecule has 0 amide bonds. The molecule has 4 nitrogen and oxygen atoms in total. The second kappa shape index (κ2) is 6.08. The molecule has 0 saturated carbocycles. The molecular formula is C15H30N2O2. The van der Waals surface area contributed by atoms with Crippen molar-refractivity contribution in [1.82, 2.24) is 4.90 Å². The topological polar surface area (TPSA) is 58.7 Å². The Kier molecular flexibility index (Phi) is 4.88. The van der Waals surface area contributed by atoms with Crippen molar-refractivity contribution in [3.05, 3.63) is 0 Å². The molecule has 2 heterocycles. The van der Waals surface area contributed by atoms with Crippen LogP contribution < -0.4 is 5.73 Å². The molecule has 3 N–H and O–H groups in total. The first kappa shape index (κ1) is 15.2. The summed E-state index contributed by atoms with van der Waals surface area (Å²) < 4.78 is 5.66. The van der Waals surface area contributed by atoms with E-state index in [0.29, 0.717) is 19.2 Å². The molecule has 0 radical (unpaired) electrons. The van der Waals surface area contributed by atoms with Crippen LogP contribution in [0.5, 0.6) is 0 Å². The number of nitrogens with zero attached hydrogens (tertiary/aromatic N) is 1. The molecule has 2 atom stereocenters. The fourth-order valence-corrected chi connectivity index (χ4v) is 3.76. The quantitative estimate of drug-likeness (QED) is 0.813. The van der Waals surface area contributed by atoms with Crippen molar-refractivity contribution in [1.29, 1.82) is 0 Å². The molecule has 112 valence electrons. The predicted octanol–water partition coefficient (Wildman–Crippen LogP) is 1.37. The number of nitrogens with two attached hydrogens (primary N) is 1. The lowest BCUT2D eigenvalue weighted by Gasteiger charge is -2.48. The minimum absolute atomic E-state index is 0.224. The van der Waals surface area contributed by atoms with E-state index in [1.165, 1.54) is 0 Å². The number of likely N-dealkylation sites (tertiary alicyclic amines) is 1. The van der Waals surface area contributed by atoms with Crippen LogP contribution in [0.2, 0.25) is 0 Å². The van der Waals surface area contributed by atoms with Gasteiger partial charge in [-0.15, -0.1) is 0 Å². The van der Waals surface area contributed by atoms with Gasteiger partial charge in [0.25, 0.3) is 0 Å². The normalized spacial score (nSPS) is 38.4. The van der Waals surface area contributed by atoms with Crippen LogP contribution in [0, 0.1) is 5.41 Å². The molecule has 2 fully saturated rings. The summed E-state index contributed by atoms with van der Waals surface area (Å²) in [6.45, 7) is 8.49. The van der Waals surface area contributed by atoms with Gasteiger partial charge in [-0.3, -0.25) is 0 Å². The Bertz CT molecular complexity index is 290. The Morgan fingerprint density at radius 1 is 1.21 bits per heavy atom. The van der Waals surface area contributed by atoms with Gasteiger partial charge in [0.1, 0.15) is 0 Å². The number of hydrogen-bond donors (Lipinski definition) is 2. The monoisotopic (exact) mass is 270 g/mol. The fraction of sp³-hybridized carbons (Fsp3) is 1.00. The van der Waals surface area contributed by atoms with Crippen molar-refractivity contribution in [2.24, 2.45) is 11.1 Å². The highest BCUT2D eigenvalue weighted by atomic mass is 16.5. The van der Waals surface area contributed by atoms with E-state index in [2.05, 4.69) is 18.7 Å². The predicted molar refractivity (Wildman–Crippen MR) is 77.1 cm³/mol. The third-order valence-corrected chi connectivity index (χ3v) is 5.28. The van der Waals surface area contributed by atoms with Gasteiger partial charge in [0.05, 0.1) is 12.2 Å². The van der Waals surface area contributed by atoms with E-state index in [-0.39, 0.29) is 5.41 Å². The zero-order valence-electron chi connectivity index (χ0n) is 12.5. The maximum absolute atomic E-state index is 11.2. The summed E-state index contributed by atoms with van der Waals surface area (Å²) in [6, 6.07) is 0.554. The third-order valence-electron chi connectivity index (χ3n) is 5.28. The Balaban J connectivity index is 2.11. The first-order valence-corrected chi connectivity index (χ1v) is 7.77. The molecule has 0 aliphatic carbocycles. The van der Waals surface area contributed by atoms with Crippen molar-refractivity contribution in [3.8, 4) is 0 Å². The third kappa shape index (κ3) is 2.97. The lowest BCUT2D eigenvalue weighted by molar-refractivity contribution is -0.149. The summed E-state index contributed by atoms with van der Waals surface area (Å²) >= 11 is 0. The van der Waals surface area contributed by atoms with Gasteiger partial charge in [0.2, 0.25) is 0 Å². The van der Waals surface area contributed by atoms with Crippen molar-refractivity contribution in [3.63, 3.8) is 0 Å². The second-order valence-corrected chi connectivity index (χ2v) is 6.66. The van der Waals surface area contributed by atoms with Crippen molar-refractivity contribution < 1.29 is 9.84 Å². The van der Waals surface area contributed by atoms with Gasteiger partial charge >= 0.3 is 0 Å². The minimum atomic E-state index is -0.647. The molecule has 0 aromatic carbocycles. The van der Waals surface area contributed by atoms with E-state index >= 15 is 0 Å². The Hall–Kier alpha value is -0.160. The summed E-state index contributed by atoms with van der Waals surface area (Å²) in [5, 5.41) is 11.2.